The van der Waals surface area contributed by atoms with Gasteiger partial charge in [-0.2, -0.15) is 0 Å². The van der Waals surface area contributed by atoms with Gasteiger partial charge in [0.05, 0.1) is 6.10 Å². The molecule has 0 aromatic rings. The summed E-state index contributed by atoms with van der Waals surface area (Å²) >= 11 is 0. The van der Waals surface area contributed by atoms with E-state index in [1.807, 2.05) is 0 Å². The number of ether oxygens (including phenoxy) is 2. The summed E-state index contributed by atoms with van der Waals surface area (Å²) in [4.78, 5) is 11.5. The van der Waals surface area contributed by atoms with Crippen molar-refractivity contribution in [2.45, 2.75) is 45.6 Å². The second-order valence-corrected chi connectivity index (χ2v) is 4.79. The number of hydrogen-bond donors (Lipinski definition) is 0. The van der Waals surface area contributed by atoms with Crippen molar-refractivity contribution in [3.05, 3.63) is 12.2 Å². The smallest absolute Gasteiger partial charge is 0.333 e. The Morgan fingerprint density at radius 2 is 2.25 bits per heavy atom. The first-order valence-corrected chi connectivity index (χ1v) is 6.06. The minimum absolute atomic E-state index is 0.0875. The molecule has 1 atom stereocenters. The fourth-order valence-electron chi connectivity index (χ4n) is 1.79. The third-order valence-electron chi connectivity index (χ3n) is 2.62. The minimum Gasteiger partial charge on any atom is -0.460 e. The average molecular weight is 226 g/mol. The first-order valence-electron chi connectivity index (χ1n) is 6.06. The molecule has 16 heavy (non-hydrogen) atoms. The van der Waals surface area contributed by atoms with Crippen LogP contribution in [0.4, 0.5) is 0 Å². The summed E-state index contributed by atoms with van der Waals surface area (Å²) in [5, 5.41) is 0. The van der Waals surface area contributed by atoms with Gasteiger partial charge in [0, 0.05) is 12.2 Å². The van der Waals surface area contributed by atoms with Crippen LogP contribution >= 0.6 is 0 Å². The van der Waals surface area contributed by atoms with E-state index in [9.17, 15) is 4.79 Å². The van der Waals surface area contributed by atoms with E-state index < -0.39 is 0 Å². The zero-order chi connectivity index (χ0) is 12.0. The highest BCUT2D eigenvalue weighted by molar-refractivity contribution is 5.87. The highest BCUT2D eigenvalue weighted by atomic mass is 16.6. The minimum atomic E-state index is -0.275. The molecule has 0 aromatic heterocycles. The molecule has 0 aromatic carbocycles. The van der Waals surface area contributed by atoms with Gasteiger partial charge in [0.25, 0.3) is 0 Å². The van der Waals surface area contributed by atoms with E-state index in [4.69, 9.17) is 9.47 Å². The Balaban J connectivity index is 2.20. The van der Waals surface area contributed by atoms with Crippen LogP contribution in [-0.2, 0) is 14.3 Å². The predicted octanol–water partition coefficient (Wildman–Crippen LogP) is 2.70. The van der Waals surface area contributed by atoms with Crippen LogP contribution in [0.15, 0.2) is 12.2 Å². The Labute approximate surface area is 97.8 Å². The lowest BCUT2D eigenvalue weighted by atomic mass is 10.0. The average Bonchev–Trinajstić information content (AvgIpc) is 2.26. The lowest BCUT2D eigenvalue weighted by Crippen LogP contribution is -2.26. The van der Waals surface area contributed by atoms with Crippen molar-refractivity contribution < 1.29 is 14.3 Å². The van der Waals surface area contributed by atoms with E-state index in [1.165, 1.54) is 0 Å². The van der Waals surface area contributed by atoms with Crippen LogP contribution in [0.25, 0.3) is 0 Å². The molecule has 0 amide bonds. The first kappa shape index (κ1) is 13.2. The topological polar surface area (TPSA) is 35.5 Å². The molecule has 3 nitrogen and oxygen atoms in total. The second kappa shape index (κ2) is 6.69. The molecular formula is C13H22O3. The maximum atomic E-state index is 11.5. The quantitative estimate of drug-likeness (QED) is 0.534. The molecule has 1 saturated heterocycles. The van der Waals surface area contributed by atoms with Crippen LogP contribution in [-0.4, -0.2) is 25.3 Å². The summed E-state index contributed by atoms with van der Waals surface area (Å²) in [5.74, 6) is 0.161. The van der Waals surface area contributed by atoms with E-state index in [-0.39, 0.29) is 12.1 Å². The molecule has 0 aliphatic carbocycles. The van der Waals surface area contributed by atoms with Gasteiger partial charge in [-0.25, -0.2) is 4.79 Å². The molecule has 1 aliphatic heterocycles. The lowest BCUT2D eigenvalue weighted by Gasteiger charge is -2.22. The number of rotatable bonds is 5. The summed E-state index contributed by atoms with van der Waals surface area (Å²) < 4.78 is 10.7. The third kappa shape index (κ3) is 4.79. The van der Waals surface area contributed by atoms with Crippen LogP contribution in [0.5, 0.6) is 0 Å². The van der Waals surface area contributed by atoms with Gasteiger partial charge in [0.15, 0.2) is 0 Å². The molecule has 1 rings (SSSR count). The molecule has 92 valence electrons. The number of esters is 1. The van der Waals surface area contributed by atoms with Crippen molar-refractivity contribution in [3.63, 3.8) is 0 Å². The van der Waals surface area contributed by atoms with Gasteiger partial charge in [-0.3, -0.25) is 0 Å². The molecule has 0 bridgehead atoms. The lowest BCUT2D eigenvalue weighted by molar-refractivity contribution is -0.144. The van der Waals surface area contributed by atoms with Crippen molar-refractivity contribution in [1.82, 2.24) is 0 Å². The van der Waals surface area contributed by atoms with Gasteiger partial charge in [0.1, 0.15) is 6.61 Å². The normalized spacial score (nSPS) is 20.8. The van der Waals surface area contributed by atoms with Crippen LogP contribution in [0.2, 0.25) is 0 Å². The summed E-state index contributed by atoms with van der Waals surface area (Å²) in [6, 6.07) is 0. The number of carbonyl (C=O) groups excluding carboxylic acids is 1. The molecule has 0 N–H and O–H groups in total. The number of carbonyl (C=O) groups is 1. The van der Waals surface area contributed by atoms with Crippen LogP contribution in [0.3, 0.4) is 0 Å². The van der Waals surface area contributed by atoms with Crippen molar-refractivity contribution in [2.75, 3.05) is 13.2 Å². The Morgan fingerprint density at radius 1 is 1.50 bits per heavy atom. The Bertz CT molecular complexity index is 240. The molecule has 1 heterocycles. The van der Waals surface area contributed by atoms with Gasteiger partial charge >= 0.3 is 5.97 Å². The van der Waals surface area contributed by atoms with E-state index in [2.05, 4.69) is 20.4 Å². The van der Waals surface area contributed by atoms with E-state index >= 15 is 0 Å². The van der Waals surface area contributed by atoms with Gasteiger partial charge in [-0.1, -0.05) is 20.4 Å². The molecule has 0 saturated carbocycles. The largest absolute Gasteiger partial charge is 0.460 e. The van der Waals surface area contributed by atoms with Gasteiger partial charge in [-0.05, 0) is 31.6 Å². The molecule has 1 aliphatic rings. The van der Waals surface area contributed by atoms with E-state index in [1.54, 1.807) is 0 Å². The highest BCUT2D eigenvalue weighted by Gasteiger charge is 2.17. The molecule has 0 radical (unpaired) electrons. The molecule has 1 unspecified atom stereocenters. The van der Waals surface area contributed by atoms with Gasteiger partial charge < -0.3 is 9.47 Å². The summed E-state index contributed by atoms with van der Waals surface area (Å²) in [7, 11) is 0. The Morgan fingerprint density at radius 3 is 2.81 bits per heavy atom. The van der Waals surface area contributed by atoms with Gasteiger partial charge in [-0.15, -0.1) is 0 Å². The summed E-state index contributed by atoms with van der Waals surface area (Å²) in [6.07, 6.45) is 4.05. The predicted molar refractivity (Wildman–Crippen MR) is 63.1 cm³/mol. The summed E-state index contributed by atoms with van der Waals surface area (Å²) in [5.41, 5.74) is 0.561. The summed E-state index contributed by atoms with van der Waals surface area (Å²) in [6.45, 7) is 9.02. The molecule has 3 heteroatoms. The van der Waals surface area contributed by atoms with E-state index in [0.29, 0.717) is 24.5 Å². The van der Waals surface area contributed by atoms with Crippen molar-refractivity contribution in [3.8, 4) is 0 Å². The zero-order valence-electron chi connectivity index (χ0n) is 10.3. The monoisotopic (exact) mass is 226 g/mol. The van der Waals surface area contributed by atoms with Gasteiger partial charge in [0.2, 0.25) is 0 Å². The van der Waals surface area contributed by atoms with Crippen molar-refractivity contribution >= 4 is 5.97 Å². The third-order valence-corrected chi connectivity index (χ3v) is 2.62. The molecule has 1 fully saturated rings. The highest BCUT2D eigenvalue weighted by Crippen LogP contribution is 2.14. The van der Waals surface area contributed by atoms with Crippen LogP contribution in [0.1, 0.15) is 39.5 Å². The Kier molecular flexibility index (Phi) is 5.53. The van der Waals surface area contributed by atoms with Crippen LogP contribution in [0, 0.1) is 5.92 Å². The van der Waals surface area contributed by atoms with Crippen LogP contribution < -0.4 is 0 Å². The first-order chi connectivity index (χ1) is 7.59. The number of hydrogen-bond acceptors (Lipinski definition) is 3. The zero-order valence-corrected chi connectivity index (χ0v) is 10.3. The fraction of sp³-hybridized carbons (Fsp3) is 0.769. The Hall–Kier alpha value is -0.830. The molecule has 0 spiro atoms. The fourth-order valence-corrected chi connectivity index (χ4v) is 1.79. The van der Waals surface area contributed by atoms with E-state index in [0.717, 1.165) is 25.9 Å². The maximum Gasteiger partial charge on any atom is 0.333 e. The second-order valence-electron chi connectivity index (χ2n) is 4.79. The standard InChI is InChI=1S/C13H22O3/c1-10(2)8-11(3)13(14)16-9-12-6-4-5-7-15-12/h10,12H,3-9H2,1-2H3. The maximum absolute atomic E-state index is 11.5. The van der Waals surface area contributed by atoms with Crippen molar-refractivity contribution in [1.29, 1.82) is 0 Å². The molecular weight excluding hydrogens is 204 g/mol. The SMILES string of the molecule is C=C(CC(C)C)C(=O)OCC1CCCCO1. The van der Waals surface area contributed by atoms with Crippen molar-refractivity contribution in [2.24, 2.45) is 5.92 Å².